The minimum Gasteiger partial charge on any atom is -0.481 e. The average Bonchev–Trinajstić information content (AvgIpc) is 2.39. The molecule has 0 fully saturated rings. The quantitative estimate of drug-likeness (QED) is 0.788. The third-order valence-electron chi connectivity index (χ3n) is 3.01. The second kappa shape index (κ2) is 7.37. The van der Waals surface area contributed by atoms with Gasteiger partial charge in [-0.25, -0.2) is 4.98 Å². The van der Waals surface area contributed by atoms with Crippen LogP contribution in [-0.2, 0) is 4.79 Å². The molecule has 1 aromatic heterocycles. The minimum absolute atomic E-state index is 0.178. The Morgan fingerprint density at radius 2 is 2.26 bits per heavy atom. The number of anilines is 1. The lowest BCUT2D eigenvalue weighted by atomic mass is 10.0. The summed E-state index contributed by atoms with van der Waals surface area (Å²) in [7, 11) is 0. The molecule has 0 bridgehead atoms. The molecule has 0 saturated carbocycles. The first-order chi connectivity index (χ1) is 9.04. The van der Waals surface area contributed by atoms with Gasteiger partial charge in [0.2, 0.25) is 0 Å². The summed E-state index contributed by atoms with van der Waals surface area (Å²) in [6.07, 6.45) is 3.95. The van der Waals surface area contributed by atoms with Gasteiger partial charge in [0, 0.05) is 12.2 Å². The molecule has 0 radical (unpaired) electrons. The topological polar surface area (TPSA) is 86.0 Å². The van der Waals surface area contributed by atoms with Gasteiger partial charge in [0.15, 0.2) is 5.69 Å². The molecule has 0 aliphatic heterocycles. The van der Waals surface area contributed by atoms with E-state index in [-0.39, 0.29) is 12.0 Å². The zero-order valence-electron chi connectivity index (χ0n) is 11.3. The van der Waals surface area contributed by atoms with Crippen LogP contribution in [0, 0.1) is 17.2 Å². The number of hydrogen-bond acceptors (Lipinski definition) is 4. The Morgan fingerprint density at radius 1 is 1.53 bits per heavy atom. The van der Waals surface area contributed by atoms with Crippen LogP contribution < -0.4 is 5.32 Å². The van der Waals surface area contributed by atoms with Gasteiger partial charge in [-0.2, -0.15) is 5.26 Å². The Hall–Kier alpha value is -2.09. The van der Waals surface area contributed by atoms with Crippen molar-refractivity contribution in [3.63, 3.8) is 0 Å². The van der Waals surface area contributed by atoms with Crippen molar-refractivity contribution < 1.29 is 9.90 Å². The second-order valence-electron chi connectivity index (χ2n) is 4.73. The van der Waals surface area contributed by atoms with Gasteiger partial charge in [-0.15, -0.1) is 0 Å². The number of aliphatic carboxylic acids is 1. The first-order valence-electron chi connectivity index (χ1n) is 6.39. The van der Waals surface area contributed by atoms with Crippen molar-refractivity contribution in [1.29, 1.82) is 5.26 Å². The Kier molecular flexibility index (Phi) is 5.80. The molecule has 0 spiro atoms. The van der Waals surface area contributed by atoms with E-state index in [0.29, 0.717) is 12.1 Å². The number of pyridine rings is 1. The molecule has 0 saturated heterocycles. The van der Waals surface area contributed by atoms with Crippen LogP contribution in [0.2, 0.25) is 0 Å². The summed E-state index contributed by atoms with van der Waals surface area (Å²) in [5, 5.41) is 20.9. The van der Waals surface area contributed by atoms with Crippen molar-refractivity contribution in [2.24, 2.45) is 5.92 Å². The van der Waals surface area contributed by atoms with Gasteiger partial charge in [-0.1, -0.05) is 13.3 Å². The maximum atomic E-state index is 10.7. The Labute approximate surface area is 113 Å². The van der Waals surface area contributed by atoms with E-state index in [9.17, 15) is 4.79 Å². The standard InChI is InChI=1S/C14H19N3O2/c1-10(14(18)19)5-3-6-11(2)17-12-7-4-8-16-13(12)9-15/h4,7-8,10-11,17H,3,5-6H2,1-2H3,(H,18,19). The fraction of sp³-hybridized carbons (Fsp3) is 0.500. The van der Waals surface area contributed by atoms with Crippen LogP contribution in [-0.4, -0.2) is 22.1 Å². The molecule has 0 aliphatic rings. The lowest BCUT2D eigenvalue weighted by molar-refractivity contribution is -0.141. The Bertz CT molecular complexity index is 468. The van der Waals surface area contributed by atoms with Crippen molar-refractivity contribution in [2.75, 3.05) is 5.32 Å². The lowest BCUT2D eigenvalue weighted by Gasteiger charge is -2.16. The summed E-state index contributed by atoms with van der Waals surface area (Å²) in [4.78, 5) is 14.7. The van der Waals surface area contributed by atoms with Crippen LogP contribution in [0.15, 0.2) is 18.3 Å². The number of hydrogen-bond donors (Lipinski definition) is 2. The number of nitriles is 1. The van der Waals surface area contributed by atoms with E-state index < -0.39 is 5.97 Å². The Balaban J connectivity index is 2.41. The number of rotatable bonds is 7. The molecule has 2 N–H and O–H groups in total. The largest absolute Gasteiger partial charge is 0.481 e. The molecule has 1 heterocycles. The molecular weight excluding hydrogens is 242 g/mol. The molecular formula is C14H19N3O2. The molecule has 0 aromatic carbocycles. The van der Waals surface area contributed by atoms with E-state index in [2.05, 4.69) is 10.3 Å². The Morgan fingerprint density at radius 3 is 2.89 bits per heavy atom. The predicted molar refractivity (Wildman–Crippen MR) is 72.7 cm³/mol. The van der Waals surface area contributed by atoms with Crippen molar-refractivity contribution in [2.45, 2.75) is 39.2 Å². The first kappa shape index (κ1) is 15.0. The number of carboxylic acid groups (broad SMARTS) is 1. The van der Waals surface area contributed by atoms with E-state index in [1.807, 2.05) is 19.1 Å². The van der Waals surface area contributed by atoms with E-state index in [4.69, 9.17) is 10.4 Å². The van der Waals surface area contributed by atoms with Crippen LogP contribution in [0.4, 0.5) is 5.69 Å². The van der Waals surface area contributed by atoms with Crippen molar-refractivity contribution in [3.8, 4) is 6.07 Å². The zero-order valence-corrected chi connectivity index (χ0v) is 11.3. The third-order valence-corrected chi connectivity index (χ3v) is 3.01. The number of carboxylic acids is 1. The molecule has 0 aliphatic carbocycles. The normalized spacial score (nSPS) is 13.3. The monoisotopic (exact) mass is 261 g/mol. The molecule has 1 rings (SSSR count). The van der Waals surface area contributed by atoms with Gasteiger partial charge in [-0.05, 0) is 31.9 Å². The number of nitrogens with one attached hydrogen (secondary N) is 1. The van der Waals surface area contributed by atoms with Gasteiger partial charge in [0.05, 0.1) is 11.6 Å². The number of carbonyl (C=O) groups is 1. The summed E-state index contributed by atoms with van der Waals surface area (Å²) in [6.45, 7) is 3.73. The van der Waals surface area contributed by atoms with Gasteiger partial charge in [-0.3, -0.25) is 4.79 Å². The predicted octanol–water partition coefficient (Wildman–Crippen LogP) is 2.64. The fourth-order valence-corrected chi connectivity index (χ4v) is 1.80. The maximum Gasteiger partial charge on any atom is 0.306 e. The van der Waals surface area contributed by atoms with E-state index in [1.165, 1.54) is 0 Å². The second-order valence-corrected chi connectivity index (χ2v) is 4.73. The van der Waals surface area contributed by atoms with Gasteiger partial charge < -0.3 is 10.4 Å². The van der Waals surface area contributed by atoms with Gasteiger partial charge in [0.1, 0.15) is 6.07 Å². The van der Waals surface area contributed by atoms with Crippen molar-refractivity contribution >= 4 is 11.7 Å². The van der Waals surface area contributed by atoms with Gasteiger partial charge in [0.25, 0.3) is 0 Å². The number of aromatic nitrogens is 1. The molecule has 5 nitrogen and oxygen atoms in total. The molecule has 1 aromatic rings. The van der Waals surface area contributed by atoms with E-state index >= 15 is 0 Å². The highest BCUT2D eigenvalue weighted by Gasteiger charge is 2.12. The van der Waals surface area contributed by atoms with Crippen LogP contribution in [0.3, 0.4) is 0 Å². The number of nitrogens with zero attached hydrogens (tertiary/aromatic N) is 2. The van der Waals surface area contributed by atoms with E-state index in [1.54, 1.807) is 19.2 Å². The summed E-state index contributed by atoms with van der Waals surface area (Å²) in [5.74, 6) is -1.06. The molecule has 2 atom stereocenters. The highest BCUT2D eigenvalue weighted by atomic mass is 16.4. The summed E-state index contributed by atoms with van der Waals surface area (Å²) in [5.41, 5.74) is 1.11. The molecule has 0 amide bonds. The molecule has 2 unspecified atom stereocenters. The lowest BCUT2D eigenvalue weighted by Crippen LogP contribution is -2.17. The van der Waals surface area contributed by atoms with Crippen molar-refractivity contribution in [3.05, 3.63) is 24.0 Å². The third kappa shape index (κ3) is 4.96. The van der Waals surface area contributed by atoms with Crippen LogP contribution >= 0.6 is 0 Å². The maximum absolute atomic E-state index is 10.7. The van der Waals surface area contributed by atoms with E-state index in [0.717, 1.165) is 18.5 Å². The molecule has 102 valence electrons. The highest BCUT2D eigenvalue weighted by molar-refractivity contribution is 5.69. The summed E-state index contributed by atoms with van der Waals surface area (Å²) < 4.78 is 0. The first-order valence-corrected chi connectivity index (χ1v) is 6.39. The zero-order chi connectivity index (χ0) is 14.3. The van der Waals surface area contributed by atoms with Crippen LogP contribution in [0.1, 0.15) is 38.8 Å². The highest BCUT2D eigenvalue weighted by Crippen LogP contribution is 2.15. The molecule has 19 heavy (non-hydrogen) atoms. The SMILES string of the molecule is CC(CCCC(C)C(=O)O)Nc1cccnc1C#N. The summed E-state index contributed by atoms with van der Waals surface area (Å²) >= 11 is 0. The molecule has 5 heteroatoms. The van der Waals surface area contributed by atoms with Crippen LogP contribution in [0.25, 0.3) is 0 Å². The fourth-order valence-electron chi connectivity index (χ4n) is 1.80. The van der Waals surface area contributed by atoms with Crippen LogP contribution in [0.5, 0.6) is 0 Å². The summed E-state index contributed by atoms with van der Waals surface area (Å²) in [6, 6.07) is 5.82. The van der Waals surface area contributed by atoms with Gasteiger partial charge >= 0.3 is 5.97 Å². The minimum atomic E-state index is -0.750. The van der Waals surface area contributed by atoms with Crippen molar-refractivity contribution in [1.82, 2.24) is 4.98 Å². The average molecular weight is 261 g/mol. The smallest absolute Gasteiger partial charge is 0.306 e.